The van der Waals surface area contributed by atoms with E-state index in [1.165, 1.54) is 6.07 Å². The lowest BCUT2D eigenvalue weighted by Gasteiger charge is -2.13. The molecule has 1 N–H and O–H groups in total. The average Bonchev–Trinajstić information content (AvgIpc) is 3.49. The lowest BCUT2D eigenvalue weighted by molar-refractivity contribution is -0.0497. The highest BCUT2D eigenvalue weighted by Crippen LogP contribution is 2.40. The number of nitrogens with zero attached hydrogens (tertiary/aromatic N) is 2. The van der Waals surface area contributed by atoms with E-state index in [0.717, 1.165) is 18.4 Å². The Bertz CT molecular complexity index is 1310. The van der Waals surface area contributed by atoms with Crippen LogP contribution in [0.25, 0.3) is 22.2 Å². The van der Waals surface area contributed by atoms with Gasteiger partial charge in [-0.2, -0.15) is 14.0 Å². The van der Waals surface area contributed by atoms with E-state index in [4.69, 9.17) is 0 Å². The quantitative estimate of drug-likeness (QED) is 0.439. The van der Waals surface area contributed by atoms with Crippen LogP contribution in [0.4, 0.5) is 14.5 Å². The number of fused-ring (bicyclic) bond motifs is 1. The van der Waals surface area contributed by atoms with Gasteiger partial charge in [-0.1, -0.05) is 26.0 Å². The number of rotatable bonds is 9. The lowest BCUT2D eigenvalue weighted by Crippen LogP contribution is -2.19. The molecule has 0 spiro atoms. The first-order valence-corrected chi connectivity index (χ1v) is 12.4. The van der Waals surface area contributed by atoms with Crippen LogP contribution in [0.2, 0.25) is 0 Å². The molecule has 0 unspecified atom stereocenters. The molecule has 33 heavy (non-hydrogen) atoms. The number of nitriles is 1. The number of anilines is 1. The second-order valence-electron chi connectivity index (χ2n) is 8.80. The predicted octanol–water partition coefficient (Wildman–Crippen LogP) is 5.59. The summed E-state index contributed by atoms with van der Waals surface area (Å²) in [4.78, 5) is 0. The first-order chi connectivity index (χ1) is 15.7. The second-order valence-corrected chi connectivity index (χ2v) is 10.6. The minimum atomic E-state index is -3.46. The number of benzene rings is 2. The van der Waals surface area contributed by atoms with Gasteiger partial charge in [0.1, 0.15) is 11.8 Å². The van der Waals surface area contributed by atoms with Gasteiger partial charge in [-0.05, 0) is 54.5 Å². The normalized spacial score (nSPS) is 14.1. The van der Waals surface area contributed by atoms with Gasteiger partial charge in [-0.3, -0.25) is 4.72 Å². The Labute approximate surface area is 191 Å². The molecule has 174 valence electrons. The van der Waals surface area contributed by atoms with Crippen molar-refractivity contribution in [2.75, 3.05) is 10.5 Å². The van der Waals surface area contributed by atoms with Crippen LogP contribution in [-0.4, -0.2) is 25.3 Å². The lowest BCUT2D eigenvalue weighted by atomic mass is 10.1. The van der Waals surface area contributed by atoms with Crippen molar-refractivity contribution < 1.29 is 21.9 Å². The van der Waals surface area contributed by atoms with E-state index in [1.807, 2.05) is 18.4 Å². The molecule has 0 atom stereocenters. The van der Waals surface area contributed by atoms with Crippen molar-refractivity contribution in [3.8, 4) is 23.1 Å². The maximum atomic E-state index is 12.8. The van der Waals surface area contributed by atoms with Gasteiger partial charge in [-0.15, -0.1) is 0 Å². The zero-order valence-electron chi connectivity index (χ0n) is 18.4. The van der Waals surface area contributed by atoms with Crippen LogP contribution in [0.5, 0.6) is 5.75 Å². The molecule has 0 bridgehead atoms. The van der Waals surface area contributed by atoms with Crippen LogP contribution < -0.4 is 9.46 Å². The number of sulfonamides is 1. The van der Waals surface area contributed by atoms with Crippen molar-refractivity contribution in [2.45, 2.75) is 39.8 Å². The van der Waals surface area contributed by atoms with Crippen molar-refractivity contribution in [1.82, 2.24) is 4.57 Å². The number of hydrogen-bond acceptors (Lipinski definition) is 4. The molecule has 1 aromatic heterocycles. The molecule has 0 amide bonds. The minimum absolute atomic E-state index is 0.00275. The van der Waals surface area contributed by atoms with E-state index in [9.17, 15) is 22.5 Å². The highest BCUT2D eigenvalue weighted by Gasteiger charge is 2.27. The van der Waals surface area contributed by atoms with Crippen molar-refractivity contribution in [3.63, 3.8) is 0 Å². The smallest absolute Gasteiger partial charge is 0.387 e. The van der Waals surface area contributed by atoms with Gasteiger partial charge in [0.25, 0.3) is 0 Å². The molecule has 2 aromatic carbocycles. The SMILES string of the molecule is CC(C)CS(=O)(=O)Nc1ccc(-c2c(C#N)c3ccc(OC(F)F)cc3n2CC2CC2)cc1. The van der Waals surface area contributed by atoms with Gasteiger partial charge in [0, 0.05) is 23.7 Å². The number of halogens is 2. The van der Waals surface area contributed by atoms with Crippen LogP contribution >= 0.6 is 0 Å². The van der Waals surface area contributed by atoms with Crippen LogP contribution in [0, 0.1) is 23.2 Å². The Kier molecular flexibility index (Phi) is 6.30. The predicted molar refractivity (Wildman–Crippen MR) is 124 cm³/mol. The Morgan fingerprint density at radius 2 is 1.88 bits per heavy atom. The third kappa shape index (κ3) is 5.28. The third-order valence-electron chi connectivity index (χ3n) is 5.50. The molecule has 4 rings (SSSR count). The fourth-order valence-electron chi connectivity index (χ4n) is 4.02. The number of alkyl halides is 2. The Balaban J connectivity index is 1.77. The Hall–Kier alpha value is -3.12. The maximum absolute atomic E-state index is 12.8. The molecule has 1 saturated carbocycles. The average molecular weight is 474 g/mol. The molecule has 6 nitrogen and oxygen atoms in total. The van der Waals surface area contributed by atoms with Gasteiger partial charge in [-0.25, -0.2) is 8.42 Å². The van der Waals surface area contributed by atoms with Gasteiger partial charge in [0.15, 0.2) is 0 Å². The summed E-state index contributed by atoms with van der Waals surface area (Å²) < 4.78 is 59.2. The molecule has 0 aliphatic heterocycles. The van der Waals surface area contributed by atoms with Crippen molar-refractivity contribution in [3.05, 3.63) is 48.0 Å². The highest BCUT2D eigenvalue weighted by atomic mass is 32.2. The van der Waals surface area contributed by atoms with E-state index in [1.54, 1.807) is 36.4 Å². The first kappa shape index (κ1) is 23.1. The van der Waals surface area contributed by atoms with Crippen LogP contribution in [0.3, 0.4) is 0 Å². The largest absolute Gasteiger partial charge is 0.435 e. The van der Waals surface area contributed by atoms with Crippen LogP contribution in [0.1, 0.15) is 32.3 Å². The molecule has 0 saturated heterocycles. The first-order valence-electron chi connectivity index (χ1n) is 10.8. The maximum Gasteiger partial charge on any atom is 0.387 e. The Morgan fingerprint density at radius 3 is 2.45 bits per heavy atom. The molecule has 1 fully saturated rings. The standard InChI is InChI=1S/C24H25F2N3O3S/c1-15(2)14-33(30,31)28-18-7-5-17(6-8-18)23-21(12-27)20-10-9-19(32-24(25)26)11-22(20)29(23)13-16-3-4-16/h5-11,15-16,24,28H,3-4,13-14H2,1-2H3. The van der Waals surface area contributed by atoms with Gasteiger partial charge in [0.05, 0.1) is 22.5 Å². The van der Waals surface area contributed by atoms with E-state index < -0.39 is 16.6 Å². The molecule has 9 heteroatoms. The van der Waals surface area contributed by atoms with E-state index in [2.05, 4.69) is 15.5 Å². The minimum Gasteiger partial charge on any atom is -0.435 e. The number of aromatic nitrogens is 1. The monoisotopic (exact) mass is 473 g/mol. The fourth-order valence-corrected chi connectivity index (χ4v) is 5.48. The summed E-state index contributed by atoms with van der Waals surface area (Å²) in [6.07, 6.45) is 2.15. The molecule has 1 heterocycles. The molecular formula is C24H25F2N3O3S. The molecule has 0 radical (unpaired) electrons. The summed E-state index contributed by atoms with van der Waals surface area (Å²) in [5.74, 6) is 0.522. The van der Waals surface area contributed by atoms with Crippen molar-refractivity contribution in [1.29, 1.82) is 5.26 Å². The zero-order valence-corrected chi connectivity index (χ0v) is 19.2. The molecule has 3 aromatic rings. The number of hydrogen-bond donors (Lipinski definition) is 1. The fraction of sp³-hybridized carbons (Fsp3) is 0.375. The van der Waals surface area contributed by atoms with Gasteiger partial charge >= 0.3 is 6.61 Å². The molecule has 1 aliphatic rings. The van der Waals surface area contributed by atoms with Crippen LogP contribution in [0.15, 0.2) is 42.5 Å². The summed E-state index contributed by atoms with van der Waals surface area (Å²) in [6.45, 7) is 1.40. The zero-order chi connectivity index (χ0) is 23.8. The summed E-state index contributed by atoms with van der Waals surface area (Å²) >= 11 is 0. The molecule has 1 aliphatic carbocycles. The van der Waals surface area contributed by atoms with E-state index >= 15 is 0 Å². The molecular weight excluding hydrogens is 448 g/mol. The summed E-state index contributed by atoms with van der Waals surface area (Å²) in [5, 5.41) is 10.6. The topological polar surface area (TPSA) is 84.1 Å². The van der Waals surface area contributed by atoms with Gasteiger partial charge < -0.3 is 9.30 Å². The number of ether oxygens (including phenoxy) is 1. The van der Waals surface area contributed by atoms with E-state index in [-0.39, 0.29) is 17.4 Å². The van der Waals surface area contributed by atoms with Crippen molar-refractivity contribution >= 4 is 26.6 Å². The van der Waals surface area contributed by atoms with Crippen molar-refractivity contribution in [2.24, 2.45) is 11.8 Å². The Morgan fingerprint density at radius 1 is 1.18 bits per heavy atom. The van der Waals surface area contributed by atoms with E-state index in [0.29, 0.717) is 40.3 Å². The summed E-state index contributed by atoms with van der Waals surface area (Å²) in [6, 6.07) is 13.7. The second kappa shape index (κ2) is 9.02. The summed E-state index contributed by atoms with van der Waals surface area (Å²) in [5.41, 5.74) is 2.97. The highest BCUT2D eigenvalue weighted by molar-refractivity contribution is 7.92. The summed E-state index contributed by atoms with van der Waals surface area (Å²) in [7, 11) is -3.46. The van der Waals surface area contributed by atoms with Crippen LogP contribution in [-0.2, 0) is 16.6 Å². The number of nitrogens with one attached hydrogen (secondary N) is 1. The third-order valence-corrected chi connectivity index (χ3v) is 7.15. The van der Waals surface area contributed by atoms with Gasteiger partial charge in [0.2, 0.25) is 10.0 Å².